The Balaban J connectivity index is 1.46. The zero-order chi connectivity index (χ0) is 30.3. The molecule has 5 aromatic rings. The third-order valence-electron chi connectivity index (χ3n) is 8.17. The molecule has 0 atom stereocenters. The minimum atomic E-state index is -0.989. The van der Waals surface area contributed by atoms with Crippen molar-refractivity contribution in [3.8, 4) is 28.0 Å². The molecule has 0 aliphatic heterocycles. The van der Waals surface area contributed by atoms with Crippen LogP contribution in [0.5, 0.6) is 5.75 Å². The van der Waals surface area contributed by atoms with Gasteiger partial charge in [-0.25, -0.2) is 9.59 Å². The minimum Gasteiger partial charge on any atom is -0.493 e. The van der Waals surface area contributed by atoms with Crippen molar-refractivity contribution in [3.05, 3.63) is 113 Å². The normalized spacial score (nSPS) is 13.3. The van der Waals surface area contributed by atoms with E-state index in [4.69, 9.17) is 4.74 Å². The number of rotatable bonds is 9. The van der Waals surface area contributed by atoms with Gasteiger partial charge >= 0.3 is 11.9 Å². The van der Waals surface area contributed by atoms with Gasteiger partial charge in [0.25, 0.3) is 0 Å². The van der Waals surface area contributed by atoms with Gasteiger partial charge < -0.3 is 19.5 Å². The highest BCUT2D eigenvalue weighted by Gasteiger charge is 2.25. The van der Waals surface area contributed by atoms with Gasteiger partial charge in [-0.15, -0.1) is 0 Å². The zero-order valence-corrected chi connectivity index (χ0v) is 24.6. The maximum atomic E-state index is 12.9. The Hall–Kier alpha value is -4.84. The molecule has 6 heteroatoms. The highest BCUT2D eigenvalue weighted by Crippen LogP contribution is 2.38. The quantitative estimate of drug-likeness (QED) is 0.185. The molecule has 218 valence electrons. The van der Waals surface area contributed by atoms with E-state index in [0.717, 1.165) is 33.2 Å². The number of ether oxygens (including phenoxy) is 1. The average molecular weight is 574 g/mol. The fourth-order valence-electron chi connectivity index (χ4n) is 5.61. The summed E-state index contributed by atoms with van der Waals surface area (Å²) in [5.74, 6) is -0.677. The summed E-state index contributed by atoms with van der Waals surface area (Å²) in [6.07, 6.45) is 2.33. The smallest absolute Gasteiger partial charge is 0.353 e. The molecule has 1 saturated carbocycles. The monoisotopic (exact) mass is 573 g/mol. The molecule has 1 aromatic heterocycles. The summed E-state index contributed by atoms with van der Waals surface area (Å²) in [4.78, 5) is 24.3. The second-order valence-corrected chi connectivity index (χ2v) is 12.5. The summed E-state index contributed by atoms with van der Waals surface area (Å²) >= 11 is 0. The van der Waals surface area contributed by atoms with E-state index in [0.29, 0.717) is 30.4 Å². The first-order chi connectivity index (χ1) is 20.6. The summed E-state index contributed by atoms with van der Waals surface area (Å²) in [7, 11) is 0. The zero-order valence-electron chi connectivity index (χ0n) is 24.6. The molecule has 0 bridgehead atoms. The number of fused-ring (bicyclic) bond motifs is 1. The Morgan fingerprint density at radius 1 is 0.814 bits per heavy atom. The first-order valence-corrected chi connectivity index (χ1v) is 14.6. The number of nitrogens with zero attached hydrogens (tertiary/aromatic N) is 1. The average Bonchev–Trinajstić information content (AvgIpc) is 3.77. The van der Waals surface area contributed by atoms with Crippen LogP contribution in [-0.2, 0) is 12.0 Å². The van der Waals surface area contributed by atoms with Crippen LogP contribution in [0.25, 0.3) is 33.2 Å². The van der Waals surface area contributed by atoms with Crippen LogP contribution in [0.3, 0.4) is 0 Å². The van der Waals surface area contributed by atoms with Crippen LogP contribution in [0.15, 0.2) is 91.0 Å². The van der Waals surface area contributed by atoms with Gasteiger partial charge in [-0.1, -0.05) is 75.4 Å². The molecule has 0 unspecified atom stereocenters. The molecule has 0 radical (unpaired) electrons. The SMILES string of the molecule is CC(C)(C)c1ccc(-c2c(C(=O)O)n(Cc3cc(OCC4CC4)cc(-c4ccc(C(=O)O)cc4)c3)c3ccccc23)cc1. The minimum absolute atomic E-state index is 0.0135. The Morgan fingerprint density at radius 3 is 2.12 bits per heavy atom. The van der Waals surface area contributed by atoms with Gasteiger partial charge in [0.05, 0.1) is 12.2 Å². The van der Waals surface area contributed by atoms with Crippen LogP contribution in [0.4, 0.5) is 0 Å². The van der Waals surface area contributed by atoms with Gasteiger partial charge in [0, 0.05) is 23.0 Å². The van der Waals surface area contributed by atoms with Crippen LogP contribution in [0, 0.1) is 5.92 Å². The number of carboxylic acid groups (broad SMARTS) is 2. The summed E-state index contributed by atoms with van der Waals surface area (Å²) in [6, 6.07) is 28.8. The highest BCUT2D eigenvalue weighted by molar-refractivity contribution is 6.08. The van der Waals surface area contributed by atoms with E-state index < -0.39 is 11.9 Å². The third kappa shape index (κ3) is 5.91. The number of aromatic nitrogens is 1. The van der Waals surface area contributed by atoms with Crippen molar-refractivity contribution < 1.29 is 24.5 Å². The van der Waals surface area contributed by atoms with Crippen molar-refractivity contribution in [1.82, 2.24) is 4.57 Å². The molecule has 6 rings (SSSR count). The number of carboxylic acids is 2. The van der Waals surface area contributed by atoms with E-state index in [2.05, 4.69) is 32.9 Å². The molecule has 1 aliphatic carbocycles. The van der Waals surface area contributed by atoms with E-state index in [1.54, 1.807) is 24.3 Å². The Kier molecular flexibility index (Phi) is 7.30. The molecular formula is C37H35NO5. The van der Waals surface area contributed by atoms with Crippen LogP contribution in [0.1, 0.15) is 65.6 Å². The molecular weight excluding hydrogens is 538 g/mol. The lowest BCUT2D eigenvalue weighted by Gasteiger charge is -2.19. The molecule has 0 amide bonds. The number of benzene rings is 4. The van der Waals surface area contributed by atoms with Gasteiger partial charge in [0.15, 0.2) is 0 Å². The topological polar surface area (TPSA) is 88.8 Å². The molecule has 1 fully saturated rings. The highest BCUT2D eigenvalue weighted by atomic mass is 16.5. The van der Waals surface area contributed by atoms with Crippen molar-refractivity contribution in [2.45, 2.75) is 45.6 Å². The first-order valence-electron chi connectivity index (χ1n) is 14.6. The van der Waals surface area contributed by atoms with E-state index in [-0.39, 0.29) is 16.7 Å². The second kappa shape index (κ2) is 11.1. The van der Waals surface area contributed by atoms with E-state index in [1.165, 1.54) is 18.4 Å². The molecule has 2 N–H and O–H groups in total. The number of para-hydroxylation sites is 1. The number of aromatic carboxylic acids is 2. The number of hydrogen-bond acceptors (Lipinski definition) is 3. The Labute approximate surface area is 251 Å². The lowest BCUT2D eigenvalue weighted by atomic mass is 9.86. The predicted octanol–water partition coefficient (Wildman–Crippen LogP) is 8.51. The lowest BCUT2D eigenvalue weighted by Crippen LogP contribution is -2.12. The van der Waals surface area contributed by atoms with E-state index >= 15 is 0 Å². The first kappa shape index (κ1) is 28.3. The second-order valence-electron chi connectivity index (χ2n) is 12.5. The lowest BCUT2D eigenvalue weighted by molar-refractivity contribution is 0.0680. The van der Waals surface area contributed by atoms with Crippen molar-refractivity contribution in [1.29, 1.82) is 0 Å². The molecule has 0 saturated heterocycles. The van der Waals surface area contributed by atoms with Crippen LogP contribution in [-0.4, -0.2) is 33.3 Å². The number of hydrogen-bond donors (Lipinski definition) is 2. The van der Waals surface area contributed by atoms with Crippen molar-refractivity contribution in [3.63, 3.8) is 0 Å². The van der Waals surface area contributed by atoms with Gasteiger partial charge in [-0.3, -0.25) is 0 Å². The standard InChI is InChI=1S/C37H35NO5/c1-37(2,3)29-16-14-26(15-17-29)33-31-6-4-5-7-32(31)38(34(33)36(41)42)21-24-18-28(20-30(19-24)43-22-23-8-9-23)25-10-12-27(13-11-25)35(39)40/h4-7,10-20,23H,8-9,21-22H2,1-3H3,(H,39,40)(H,41,42). The predicted molar refractivity (Wildman–Crippen MR) is 169 cm³/mol. The van der Waals surface area contributed by atoms with E-state index in [9.17, 15) is 19.8 Å². The van der Waals surface area contributed by atoms with Crippen molar-refractivity contribution in [2.75, 3.05) is 6.61 Å². The third-order valence-corrected chi connectivity index (χ3v) is 8.17. The fraction of sp³-hybridized carbons (Fsp3) is 0.243. The van der Waals surface area contributed by atoms with Crippen molar-refractivity contribution >= 4 is 22.8 Å². The van der Waals surface area contributed by atoms with Crippen LogP contribution in [0.2, 0.25) is 0 Å². The molecule has 4 aromatic carbocycles. The van der Waals surface area contributed by atoms with Gasteiger partial charge in [0.2, 0.25) is 0 Å². The van der Waals surface area contributed by atoms with Gasteiger partial charge in [-0.05, 0) is 88.4 Å². The summed E-state index contributed by atoms with van der Waals surface area (Å²) in [5.41, 5.74) is 6.67. The molecule has 1 aliphatic rings. The van der Waals surface area contributed by atoms with E-state index in [1.807, 2.05) is 59.2 Å². The molecule has 1 heterocycles. The Morgan fingerprint density at radius 2 is 1.49 bits per heavy atom. The van der Waals surface area contributed by atoms with Gasteiger partial charge in [-0.2, -0.15) is 0 Å². The largest absolute Gasteiger partial charge is 0.493 e. The maximum Gasteiger partial charge on any atom is 0.353 e. The van der Waals surface area contributed by atoms with Crippen LogP contribution >= 0.6 is 0 Å². The van der Waals surface area contributed by atoms with Crippen LogP contribution < -0.4 is 4.74 Å². The summed E-state index contributed by atoms with van der Waals surface area (Å²) in [6.45, 7) is 7.45. The Bertz CT molecular complexity index is 1820. The summed E-state index contributed by atoms with van der Waals surface area (Å²) in [5, 5.41) is 20.8. The van der Waals surface area contributed by atoms with Crippen molar-refractivity contribution in [2.24, 2.45) is 5.92 Å². The molecule has 6 nitrogen and oxygen atoms in total. The summed E-state index contributed by atoms with van der Waals surface area (Å²) < 4.78 is 8.07. The van der Waals surface area contributed by atoms with Gasteiger partial charge in [0.1, 0.15) is 11.4 Å². The molecule has 0 spiro atoms. The number of carbonyl (C=O) groups is 2. The fourth-order valence-corrected chi connectivity index (χ4v) is 5.61. The molecule has 43 heavy (non-hydrogen) atoms. The maximum absolute atomic E-state index is 12.9.